The Kier molecular flexibility index (Phi) is 7.24. The zero-order valence-corrected chi connectivity index (χ0v) is 16.5. The van der Waals surface area contributed by atoms with Gasteiger partial charge in [-0.15, -0.1) is 0 Å². The molecule has 0 spiro atoms. The van der Waals surface area contributed by atoms with Gasteiger partial charge >= 0.3 is 11.9 Å². The molecule has 26 heavy (non-hydrogen) atoms. The summed E-state index contributed by atoms with van der Waals surface area (Å²) in [5.74, 6) is 0.806. The van der Waals surface area contributed by atoms with E-state index in [2.05, 4.69) is 12.1 Å². The molecule has 0 atom stereocenters. The second-order valence-electron chi connectivity index (χ2n) is 8.19. The molecule has 1 fully saturated rings. The van der Waals surface area contributed by atoms with E-state index in [1.807, 2.05) is 39.8 Å². The van der Waals surface area contributed by atoms with E-state index in [9.17, 15) is 9.59 Å². The predicted octanol–water partition coefficient (Wildman–Crippen LogP) is 5.26. The highest BCUT2D eigenvalue weighted by Gasteiger charge is 2.24. The number of rotatable bonds is 6. The molecule has 0 heterocycles. The maximum Gasteiger partial charge on any atom is 0.338 e. The molecule has 1 aliphatic carbocycles. The van der Waals surface area contributed by atoms with E-state index in [1.54, 1.807) is 0 Å². The molecule has 0 radical (unpaired) electrons. The third kappa shape index (κ3) is 6.47. The van der Waals surface area contributed by atoms with Crippen molar-refractivity contribution < 1.29 is 19.1 Å². The van der Waals surface area contributed by atoms with Crippen molar-refractivity contribution in [2.45, 2.75) is 77.7 Å². The number of benzene rings is 1. The summed E-state index contributed by atoms with van der Waals surface area (Å²) in [6.45, 7) is 7.93. The molecule has 0 aliphatic heterocycles. The molecule has 0 unspecified atom stereocenters. The molecular weight excluding hydrogens is 328 g/mol. The van der Waals surface area contributed by atoms with Crippen molar-refractivity contribution in [3.05, 3.63) is 35.4 Å². The Hall–Kier alpha value is -1.84. The lowest BCUT2D eigenvalue weighted by Gasteiger charge is -2.29. The number of carbonyl (C=O) groups excluding carboxylic acids is 2. The summed E-state index contributed by atoms with van der Waals surface area (Å²) < 4.78 is 10.4. The molecule has 1 aromatic rings. The van der Waals surface area contributed by atoms with Gasteiger partial charge in [0.2, 0.25) is 0 Å². The molecule has 1 aliphatic rings. The van der Waals surface area contributed by atoms with Crippen LogP contribution in [0.3, 0.4) is 0 Å². The number of ether oxygens (including phenoxy) is 2. The summed E-state index contributed by atoms with van der Waals surface area (Å²) in [6, 6.07) is 7.83. The van der Waals surface area contributed by atoms with Crippen LogP contribution in [0.15, 0.2) is 24.3 Å². The summed E-state index contributed by atoms with van der Waals surface area (Å²) in [5.41, 5.74) is 1.51. The fourth-order valence-electron chi connectivity index (χ4n) is 3.60. The van der Waals surface area contributed by atoms with Crippen molar-refractivity contribution in [1.82, 2.24) is 0 Å². The number of hydrogen-bond acceptors (Lipinski definition) is 4. The van der Waals surface area contributed by atoms with Crippen molar-refractivity contribution in [3.8, 4) is 0 Å². The topological polar surface area (TPSA) is 52.6 Å². The first kappa shape index (κ1) is 20.5. The van der Waals surface area contributed by atoms with Crippen LogP contribution in [0.5, 0.6) is 0 Å². The lowest BCUT2D eigenvalue weighted by molar-refractivity contribution is -0.155. The molecular formula is C22H32O4. The normalized spacial score (nSPS) is 20.5. The van der Waals surface area contributed by atoms with Crippen LogP contribution >= 0.6 is 0 Å². The van der Waals surface area contributed by atoms with Gasteiger partial charge in [0.1, 0.15) is 5.60 Å². The minimum Gasteiger partial charge on any atom is -0.462 e. The Morgan fingerprint density at radius 2 is 1.65 bits per heavy atom. The smallest absolute Gasteiger partial charge is 0.338 e. The van der Waals surface area contributed by atoms with Crippen LogP contribution in [0.2, 0.25) is 0 Å². The Labute approximate surface area is 157 Å². The molecule has 0 bridgehead atoms. The van der Waals surface area contributed by atoms with Gasteiger partial charge in [0, 0.05) is 6.42 Å². The Bertz CT molecular complexity index is 590. The first-order valence-electron chi connectivity index (χ1n) is 9.77. The monoisotopic (exact) mass is 360 g/mol. The zero-order chi connectivity index (χ0) is 19.2. The van der Waals surface area contributed by atoms with E-state index in [4.69, 9.17) is 9.47 Å². The zero-order valence-electron chi connectivity index (χ0n) is 16.5. The van der Waals surface area contributed by atoms with Crippen molar-refractivity contribution in [2.24, 2.45) is 5.92 Å². The molecule has 144 valence electrons. The quantitative estimate of drug-likeness (QED) is 0.649. The summed E-state index contributed by atoms with van der Waals surface area (Å²) in [6.07, 6.45) is 6.00. The van der Waals surface area contributed by atoms with Gasteiger partial charge in [-0.25, -0.2) is 4.79 Å². The maximum atomic E-state index is 11.9. The van der Waals surface area contributed by atoms with Crippen molar-refractivity contribution >= 4 is 11.9 Å². The van der Waals surface area contributed by atoms with E-state index in [-0.39, 0.29) is 11.9 Å². The highest BCUT2D eigenvalue weighted by Crippen LogP contribution is 2.37. The third-order valence-electron chi connectivity index (χ3n) is 4.92. The second-order valence-corrected chi connectivity index (χ2v) is 8.19. The Morgan fingerprint density at radius 3 is 2.19 bits per heavy atom. The predicted molar refractivity (Wildman–Crippen MR) is 102 cm³/mol. The molecule has 0 N–H and O–H groups in total. The fraction of sp³-hybridized carbons (Fsp3) is 0.636. The number of hydrogen-bond donors (Lipinski definition) is 0. The SMILES string of the molecule is CCOC(=O)c1ccc(C2CCC(CCC(=O)OC(C)(C)C)CC2)cc1. The average molecular weight is 360 g/mol. The van der Waals surface area contributed by atoms with Gasteiger partial charge in [-0.1, -0.05) is 12.1 Å². The highest BCUT2D eigenvalue weighted by atomic mass is 16.6. The van der Waals surface area contributed by atoms with E-state index in [0.29, 0.717) is 30.4 Å². The van der Waals surface area contributed by atoms with Crippen LogP contribution < -0.4 is 0 Å². The van der Waals surface area contributed by atoms with Crippen molar-refractivity contribution in [1.29, 1.82) is 0 Å². The Balaban J connectivity index is 1.77. The Morgan fingerprint density at radius 1 is 1.04 bits per heavy atom. The van der Waals surface area contributed by atoms with Gasteiger partial charge in [-0.3, -0.25) is 4.79 Å². The summed E-state index contributed by atoms with van der Waals surface area (Å²) in [7, 11) is 0. The lowest BCUT2D eigenvalue weighted by Crippen LogP contribution is -2.24. The van der Waals surface area contributed by atoms with Gasteiger partial charge in [0.15, 0.2) is 0 Å². The van der Waals surface area contributed by atoms with Gasteiger partial charge in [0.25, 0.3) is 0 Å². The van der Waals surface area contributed by atoms with E-state index < -0.39 is 5.60 Å². The van der Waals surface area contributed by atoms with Crippen LogP contribution in [0.4, 0.5) is 0 Å². The maximum absolute atomic E-state index is 11.9. The van der Waals surface area contributed by atoms with Gasteiger partial charge in [0.05, 0.1) is 12.2 Å². The molecule has 1 saturated carbocycles. The molecule has 2 rings (SSSR count). The van der Waals surface area contributed by atoms with Crippen LogP contribution in [-0.2, 0) is 14.3 Å². The van der Waals surface area contributed by atoms with Crippen LogP contribution in [-0.4, -0.2) is 24.1 Å². The van der Waals surface area contributed by atoms with Gasteiger partial charge in [-0.05, 0) is 89.3 Å². The average Bonchev–Trinajstić information content (AvgIpc) is 2.59. The minimum atomic E-state index is -0.398. The third-order valence-corrected chi connectivity index (χ3v) is 4.92. The highest BCUT2D eigenvalue weighted by molar-refractivity contribution is 5.89. The standard InChI is InChI=1S/C22H32O4/c1-5-25-21(24)19-13-11-18(12-14-19)17-9-6-16(7-10-17)8-15-20(23)26-22(2,3)4/h11-14,16-17H,5-10,15H2,1-4H3. The van der Waals surface area contributed by atoms with E-state index in [1.165, 1.54) is 5.56 Å². The summed E-state index contributed by atoms with van der Waals surface area (Å²) in [4.78, 5) is 23.6. The molecule has 1 aromatic carbocycles. The van der Waals surface area contributed by atoms with Crippen LogP contribution in [0.1, 0.15) is 88.1 Å². The van der Waals surface area contributed by atoms with Crippen molar-refractivity contribution in [3.63, 3.8) is 0 Å². The van der Waals surface area contributed by atoms with Crippen molar-refractivity contribution in [2.75, 3.05) is 6.61 Å². The second kappa shape index (κ2) is 9.20. The fourth-order valence-corrected chi connectivity index (χ4v) is 3.60. The minimum absolute atomic E-state index is 0.0887. The first-order valence-corrected chi connectivity index (χ1v) is 9.77. The van der Waals surface area contributed by atoms with Crippen LogP contribution in [0, 0.1) is 5.92 Å². The van der Waals surface area contributed by atoms with E-state index in [0.717, 1.165) is 32.1 Å². The van der Waals surface area contributed by atoms with Gasteiger partial charge < -0.3 is 9.47 Å². The molecule has 0 saturated heterocycles. The summed E-state index contributed by atoms with van der Waals surface area (Å²) >= 11 is 0. The van der Waals surface area contributed by atoms with Gasteiger partial charge in [-0.2, -0.15) is 0 Å². The largest absolute Gasteiger partial charge is 0.462 e. The summed E-state index contributed by atoms with van der Waals surface area (Å²) in [5, 5.41) is 0. The molecule has 4 heteroatoms. The molecule has 0 aromatic heterocycles. The number of esters is 2. The van der Waals surface area contributed by atoms with Crippen LogP contribution in [0.25, 0.3) is 0 Å². The van der Waals surface area contributed by atoms with E-state index >= 15 is 0 Å². The lowest BCUT2D eigenvalue weighted by atomic mass is 9.77. The number of carbonyl (C=O) groups is 2. The first-order chi connectivity index (χ1) is 12.3. The molecule has 0 amide bonds. The molecule has 4 nitrogen and oxygen atoms in total.